The maximum absolute atomic E-state index is 13.1. The lowest BCUT2D eigenvalue weighted by Gasteiger charge is -2.33. The Morgan fingerprint density at radius 3 is 0.942 bits per heavy atom. The summed E-state index contributed by atoms with van der Waals surface area (Å²) in [6.45, 7) is 8.94. The van der Waals surface area contributed by atoms with E-state index < -0.39 is 19.7 Å². The number of hydrogen-bond donors (Lipinski definition) is 0. The van der Waals surface area contributed by atoms with Crippen LogP contribution in [0.3, 0.4) is 0 Å². The Morgan fingerprint density at radius 1 is 0.333 bits per heavy atom. The largest absolute Gasteiger partial charge is 0.224 e. The van der Waals surface area contributed by atoms with Crippen LogP contribution in [0.1, 0.15) is 241 Å². The van der Waals surface area contributed by atoms with Crippen molar-refractivity contribution >= 4 is 19.7 Å². The van der Waals surface area contributed by atoms with Crippen molar-refractivity contribution in [2.75, 3.05) is 11.5 Å². The second-order valence-corrected chi connectivity index (χ2v) is 24.3. The SMILES string of the molecule is CCCCCCCCCC1(CCCCCCCCC)c2cc(C#Cc3ccc(S(=O)(=O)CCCCCCCC)cc3)ccc2-c2ccc(C#Cc3ccc(S(=O)(=O)CCCCCCCC)cc3)cc21. The van der Waals surface area contributed by atoms with Crippen LogP contribution in [-0.2, 0) is 25.1 Å². The zero-order valence-corrected chi connectivity index (χ0v) is 44.9. The topological polar surface area (TPSA) is 68.3 Å². The minimum absolute atomic E-state index is 0.162. The molecule has 1 aliphatic carbocycles. The molecule has 0 unspecified atom stereocenters. The summed E-state index contributed by atoms with van der Waals surface area (Å²) < 4.78 is 52.5. The summed E-state index contributed by atoms with van der Waals surface area (Å²) >= 11 is 0. The van der Waals surface area contributed by atoms with Gasteiger partial charge in [0, 0.05) is 27.7 Å². The summed E-state index contributed by atoms with van der Waals surface area (Å²) in [7, 11) is -6.65. The van der Waals surface area contributed by atoms with Crippen molar-refractivity contribution < 1.29 is 16.8 Å². The van der Waals surface area contributed by atoms with Crippen molar-refractivity contribution in [2.45, 2.75) is 223 Å². The molecule has 0 aromatic heterocycles. The molecule has 4 aromatic carbocycles. The van der Waals surface area contributed by atoms with Crippen LogP contribution in [0, 0.1) is 23.7 Å². The molecule has 0 spiro atoms. The fourth-order valence-electron chi connectivity index (χ4n) is 10.2. The Labute approximate surface area is 421 Å². The van der Waals surface area contributed by atoms with Gasteiger partial charge in [0.15, 0.2) is 19.7 Å². The summed E-state index contributed by atoms with van der Waals surface area (Å²) in [6.07, 6.45) is 32.4. The fourth-order valence-corrected chi connectivity index (χ4v) is 13.0. The number of fused-ring (bicyclic) bond motifs is 3. The lowest BCUT2D eigenvalue weighted by molar-refractivity contribution is 0.397. The Balaban J connectivity index is 1.42. The van der Waals surface area contributed by atoms with Gasteiger partial charge in [-0.3, -0.25) is 0 Å². The van der Waals surface area contributed by atoms with Crippen molar-refractivity contribution in [1.82, 2.24) is 0 Å². The van der Waals surface area contributed by atoms with Crippen LogP contribution in [0.4, 0.5) is 0 Å². The van der Waals surface area contributed by atoms with Crippen molar-refractivity contribution in [3.63, 3.8) is 0 Å². The molecule has 0 amide bonds. The van der Waals surface area contributed by atoms with Gasteiger partial charge >= 0.3 is 0 Å². The molecule has 4 nitrogen and oxygen atoms in total. The van der Waals surface area contributed by atoms with Gasteiger partial charge in [-0.1, -0.05) is 218 Å². The Morgan fingerprint density at radius 2 is 0.609 bits per heavy atom. The Hall–Kier alpha value is -4.10. The van der Waals surface area contributed by atoms with E-state index in [0.717, 1.165) is 73.6 Å². The van der Waals surface area contributed by atoms with Crippen molar-refractivity contribution in [3.05, 3.63) is 118 Å². The number of hydrogen-bond acceptors (Lipinski definition) is 4. The monoisotopic (exact) mass is 971 g/mol. The smallest absolute Gasteiger partial charge is 0.178 e. The van der Waals surface area contributed by atoms with Crippen LogP contribution in [0.15, 0.2) is 94.7 Å². The zero-order chi connectivity index (χ0) is 49.2. The highest BCUT2D eigenvalue weighted by molar-refractivity contribution is 7.91. The van der Waals surface area contributed by atoms with Crippen LogP contribution >= 0.6 is 0 Å². The molecule has 5 rings (SSSR count). The average Bonchev–Trinajstić information content (AvgIpc) is 3.62. The quantitative estimate of drug-likeness (QED) is 0.0361. The van der Waals surface area contributed by atoms with Gasteiger partial charge in [-0.15, -0.1) is 0 Å². The third kappa shape index (κ3) is 17.6. The van der Waals surface area contributed by atoms with E-state index in [1.54, 1.807) is 24.3 Å². The van der Waals surface area contributed by atoms with Crippen LogP contribution in [0.5, 0.6) is 0 Å². The number of unbranched alkanes of at least 4 members (excludes halogenated alkanes) is 22. The molecule has 4 aromatic rings. The first kappa shape index (κ1) is 55.8. The predicted octanol–water partition coefficient (Wildman–Crippen LogP) is 17.3. The minimum Gasteiger partial charge on any atom is -0.224 e. The molecule has 0 N–H and O–H groups in total. The molecule has 374 valence electrons. The highest BCUT2D eigenvalue weighted by atomic mass is 32.2. The Kier molecular flexibility index (Phi) is 24.2. The van der Waals surface area contributed by atoms with Gasteiger partial charge in [0.05, 0.1) is 21.3 Å². The van der Waals surface area contributed by atoms with Crippen molar-refractivity contribution in [3.8, 4) is 34.8 Å². The van der Waals surface area contributed by atoms with E-state index in [-0.39, 0.29) is 16.9 Å². The van der Waals surface area contributed by atoms with E-state index in [1.165, 1.54) is 138 Å². The van der Waals surface area contributed by atoms with E-state index in [0.29, 0.717) is 22.6 Å². The second-order valence-electron chi connectivity index (χ2n) is 20.1. The minimum atomic E-state index is -3.32. The predicted molar refractivity (Wildman–Crippen MR) is 294 cm³/mol. The molecule has 0 saturated carbocycles. The van der Waals surface area contributed by atoms with E-state index in [4.69, 9.17) is 0 Å². The molecular weight excluding hydrogens is 885 g/mol. The fraction of sp³-hybridized carbons (Fsp3) is 0.556. The molecule has 69 heavy (non-hydrogen) atoms. The molecule has 0 bridgehead atoms. The summed E-state index contributed by atoms with van der Waals surface area (Å²) in [5.74, 6) is 14.1. The highest BCUT2D eigenvalue weighted by Crippen LogP contribution is 2.54. The van der Waals surface area contributed by atoms with Gasteiger partial charge in [-0.05, 0) is 121 Å². The molecule has 0 heterocycles. The zero-order valence-electron chi connectivity index (χ0n) is 43.2. The molecule has 0 atom stereocenters. The van der Waals surface area contributed by atoms with E-state index in [2.05, 4.69) is 87.8 Å². The Bertz CT molecular complexity index is 2320. The van der Waals surface area contributed by atoms with Crippen LogP contribution in [0.25, 0.3) is 11.1 Å². The lowest BCUT2D eigenvalue weighted by atomic mass is 9.70. The van der Waals surface area contributed by atoms with E-state index in [1.807, 2.05) is 24.3 Å². The third-order valence-electron chi connectivity index (χ3n) is 14.4. The third-order valence-corrected chi connectivity index (χ3v) is 18.1. The first-order chi connectivity index (χ1) is 33.6. The normalized spacial score (nSPS) is 12.8. The molecule has 0 radical (unpaired) electrons. The van der Waals surface area contributed by atoms with Gasteiger partial charge in [0.25, 0.3) is 0 Å². The summed E-state index contributed by atoms with van der Waals surface area (Å²) in [5, 5.41) is 0. The van der Waals surface area contributed by atoms with Crippen LogP contribution < -0.4 is 0 Å². The second kappa shape index (κ2) is 29.9. The number of rotatable bonds is 32. The average molecular weight is 972 g/mol. The summed E-state index contributed by atoms with van der Waals surface area (Å²) in [5.41, 5.74) is 8.73. The van der Waals surface area contributed by atoms with Gasteiger partial charge in [0.1, 0.15) is 0 Å². The standard InChI is InChI=1S/C63H86O4S2/c1-5-9-13-17-21-23-27-47-63(48-28-24-22-18-14-10-6-2)61-51-55(33-31-53-35-41-57(42-36-53)68(64,65)49-29-25-19-15-11-7-3)39-45-59(61)60-46-40-56(52-62(60)63)34-32-54-37-43-58(44-38-54)69(66,67)50-30-26-20-16-12-8-4/h35-46,51-52H,5-30,47-50H2,1-4H3. The lowest BCUT2D eigenvalue weighted by Crippen LogP contribution is -2.26. The van der Waals surface area contributed by atoms with E-state index >= 15 is 0 Å². The van der Waals surface area contributed by atoms with Gasteiger partial charge in [-0.25, -0.2) is 16.8 Å². The van der Waals surface area contributed by atoms with Gasteiger partial charge in [0.2, 0.25) is 0 Å². The maximum atomic E-state index is 13.1. The van der Waals surface area contributed by atoms with Gasteiger partial charge in [-0.2, -0.15) is 0 Å². The number of benzene rings is 4. The van der Waals surface area contributed by atoms with Crippen molar-refractivity contribution in [2.24, 2.45) is 0 Å². The molecule has 0 aliphatic heterocycles. The molecule has 0 fully saturated rings. The van der Waals surface area contributed by atoms with Crippen LogP contribution in [0.2, 0.25) is 0 Å². The maximum Gasteiger partial charge on any atom is 0.178 e. The first-order valence-corrected chi connectivity index (χ1v) is 30.9. The van der Waals surface area contributed by atoms with Crippen LogP contribution in [-0.4, -0.2) is 28.3 Å². The molecule has 0 saturated heterocycles. The highest BCUT2D eigenvalue weighted by Gasteiger charge is 2.42. The van der Waals surface area contributed by atoms with Crippen molar-refractivity contribution in [1.29, 1.82) is 0 Å². The first-order valence-electron chi connectivity index (χ1n) is 27.6. The van der Waals surface area contributed by atoms with Gasteiger partial charge < -0.3 is 0 Å². The molecule has 1 aliphatic rings. The summed E-state index contributed by atoms with van der Waals surface area (Å²) in [4.78, 5) is 0.757. The van der Waals surface area contributed by atoms with E-state index in [9.17, 15) is 16.8 Å². The molecule has 6 heteroatoms. The summed E-state index contributed by atoms with van der Waals surface area (Å²) in [6, 6.07) is 27.9. The molecular formula is C63H86O4S2. The number of sulfone groups is 2.